The van der Waals surface area contributed by atoms with Crippen molar-refractivity contribution in [2.24, 2.45) is 5.92 Å². The van der Waals surface area contributed by atoms with Crippen molar-refractivity contribution in [2.75, 3.05) is 12.4 Å². The predicted octanol–water partition coefficient (Wildman–Crippen LogP) is 3.74. The highest BCUT2D eigenvalue weighted by Gasteiger charge is 2.25. The lowest BCUT2D eigenvalue weighted by atomic mass is 9.84. The molecule has 5 nitrogen and oxygen atoms in total. The van der Waals surface area contributed by atoms with E-state index in [0.29, 0.717) is 17.0 Å². The molecular weight excluding hydrogens is 292 g/mol. The van der Waals surface area contributed by atoms with Gasteiger partial charge in [0.05, 0.1) is 12.8 Å². The third-order valence-electron chi connectivity index (χ3n) is 4.62. The number of anilines is 1. The quantitative estimate of drug-likeness (QED) is 0.813. The minimum absolute atomic E-state index is 0.116. The van der Waals surface area contributed by atoms with E-state index in [1.807, 2.05) is 0 Å². The Bertz CT molecular complexity index is 590. The Morgan fingerprint density at radius 2 is 1.83 bits per heavy atom. The first-order chi connectivity index (χ1) is 11.2. The number of carbonyl (C=O) groups is 2. The van der Waals surface area contributed by atoms with Crippen molar-refractivity contribution >= 4 is 17.5 Å². The van der Waals surface area contributed by atoms with Crippen molar-refractivity contribution in [1.29, 1.82) is 0 Å². The third-order valence-corrected chi connectivity index (χ3v) is 4.62. The molecule has 2 aliphatic rings. The molecule has 124 valence electrons. The van der Waals surface area contributed by atoms with Crippen molar-refractivity contribution in [3.05, 3.63) is 23.8 Å². The van der Waals surface area contributed by atoms with Crippen LogP contribution in [0.1, 0.15) is 55.3 Å². The van der Waals surface area contributed by atoms with E-state index in [1.54, 1.807) is 25.3 Å². The minimum atomic E-state index is -0.243. The van der Waals surface area contributed by atoms with Crippen molar-refractivity contribution < 1.29 is 14.3 Å². The van der Waals surface area contributed by atoms with E-state index in [-0.39, 0.29) is 23.8 Å². The van der Waals surface area contributed by atoms with Gasteiger partial charge < -0.3 is 15.4 Å². The van der Waals surface area contributed by atoms with Gasteiger partial charge in [-0.3, -0.25) is 4.79 Å². The monoisotopic (exact) mass is 316 g/mol. The highest BCUT2D eigenvalue weighted by Crippen LogP contribution is 2.31. The summed E-state index contributed by atoms with van der Waals surface area (Å²) in [6.45, 7) is 0. The fourth-order valence-corrected chi connectivity index (χ4v) is 3.13. The van der Waals surface area contributed by atoms with Crippen LogP contribution >= 0.6 is 0 Å². The number of ether oxygens (including phenoxy) is 1. The standard InChI is InChI=1S/C18H24N2O3/c1-23-16-10-7-13(17(21)12-5-3-2-4-6-12)11-15(16)20-18(22)19-14-8-9-14/h7,10-12,14H,2-6,8-9H2,1H3,(H2,19,20,22). The normalized spacial score (nSPS) is 18.3. The number of carbonyl (C=O) groups excluding carboxylic acids is 2. The number of hydrogen-bond acceptors (Lipinski definition) is 3. The van der Waals surface area contributed by atoms with Gasteiger partial charge in [0.2, 0.25) is 0 Å². The van der Waals surface area contributed by atoms with E-state index in [4.69, 9.17) is 4.74 Å². The van der Waals surface area contributed by atoms with Gasteiger partial charge in [0.25, 0.3) is 0 Å². The highest BCUT2D eigenvalue weighted by molar-refractivity contribution is 6.00. The van der Waals surface area contributed by atoms with Crippen molar-refractivity contribution in [1.82, 2.24) is 5.32 Å². The molecule has 0 aromatic heterocycles. The van der Waals surface area contributed by atoms with Crippen LogP contribution in [0.3, 0.4) is 0 Å². The summed E-state index contributed by atoms with van der Waals surface area (Å²) in [4.78, 5) is 24.6. The Labute approximate surface area is 136 Å². The molecule has 0 atom stereocenters. The summed E-state index contributed by atoms with van der Waals surface area (Å²) in [5.74, 6) is 0.861. The second kappa shape index (κ2) is 7.02. The van der Waals surface area contributed by atoms with Crippen LogP contribution in [0, 0.1) is 5.92 Å². The minimum Gasteiger partial charge on any atom is -0.495 e. The fourth-order valence-electron chi connectivity index (χ4n) is 3.13. The summed E-state index contributed by atoms with van der Waals surface area (Å²) in [6, 6.07) is 5.33. The average Bonchev–Trinajstić information content (AvgIpc) is 3.38. The Balaban J connectivity index is 1.74. The molecular formula is C18H24N2O3. The number of nitrogens with one attached hydrogen (secondary N) is 2. The molecule has 5 heteroatoms. The van der Waals surface area contributed by atoms with Gasteiger partial charge in [-0.05, 0) is 43.9 Å². The SMILES string of the molecule is COc1ccc(C(=O)C2CCCCC2)cc1NC(=O)NC1CC1. The maximum atomic E-state index is 12.7. The van der Waals surface area contributed by atoms with Crippen LogP contribution in [0.15, 0.2) is 18.2 Å². The van der Waals surface area contributed by atoms with E-state index in [2.05, 4.69) is 10.6 Å². The Kier molecular flexibility index (Phi) is 4.84. The van der Waals surface area contributed by atoms with Crippen LogP contribution in [0.4, 0.5) is 10.5 Å². The molecule has 0 bridgehead atoms. The van der Waals surface area contributed by atoms with Crippen LogP contribution in [-0.4, -0.2) is 25.0 Å². The van der Waals surface area contributed by atoms with Crippen LogP contribution in [0.5, 0.6) is 5.75 Å². The lowest BCUT2D eigenvalue weighted by Crippen LogP contribution is -2.30. The van der Waals surface area contributed by atoms with Gasteiger partial charge in [-0.2, -0.15) is 0 Å². The first-order valence-corrected chi connectivity index (χ1v) is 8.47. The molecule has 0 unspecified atom stereocenters. The molecule has 3 rings (SSSR count). The maximum absolute atomic E-state index is 12.7. The Morgan fingerprint density at radius 1 is 1.09 bits per heavy atom. The van der Waals surface area contributed by atoms with E-state index >= 15 is 0 Å². The number of benzene rings is 1. The molecule has 0 spiro atoms. The molecule has 2 amide bonds. The van der Waals surface area contributed by atoms with Crippen molar-refractivity contribution in [3.63, 3.8) is 0 Å². The third kappa shape index (κ3) is 4.03. The highest BCUT2D eigenvalue weighted by atomic mass is 16.5. The summed E-state index contributed by atoms with van der Waals surface area (Å²) in [5.41, 5.74) is 1.20. The number of amides is 2. The maximum Gasteiger partial charge on any atom is 0.319 e. The van der Waals surface area contributed by atoms with Crippen molar-refractivity contribution in [3.8, 4) is 5.75 Å². The van der Waals surface area contributed by atoms with Crippen LogP contribution in [0.25, 0.3) is 0 Å². The second-order valence-electron chi connectivity index (χ2n) is 6.49. The summed E-state index contributed by atoms with van der Waals surface area (Å²) in [7, 11) is 1.56. The molecule has 2 N–H and O–H groups in total. The van der Waals surface area contributed by atoms with Gasteiger partial charge in [0.15, 0.2) is 5.78 Å². The zero-order valence-electron chi connectivity index (χ0n) is 13.6. The van der Waals surface area contributed by atoms with E-state index in [1.165, 1.54) is 6.42 Å². The topological polar surface area (TPSA) is 67.4 Å². The van der Waals surface area contributed by atoms with E-state index < -0.39 is 0 Å². The summed E-state index contributed by atoms with van der Waals surface area (Å²) < 4.78 is 5.29. The van der Waals surface area contributed by atoms with Crippen LogP contribution in [-0.2, 0) is 0 Å². The molecule has 0 saturated heterocycles. The lowest BCUT2D eigenvalue weighted by Gasteiger charge is -2.21. The first kappa shape index (κ1) is 15.8. The smallest absolute Gasteiger partial charge is 0.319 e. The van der Waals surface area contributed by atoms with Gasteiger partial charge in [-0.1, -0.05) is 19.3 Å². The number of rotatable bonds is 5. The van der Waals surface area contributed by atoms with Crippen molar-refractivity contribution in [2.45, 2.75) is 51.0 Å². The largest absolute Gasteiger partial charge is 0.495 e. The molecule has 2 fully saturated rings. The zero-order chi connectivity index (χ0) is 16.2. The van der Waals surface area contributed by atoms with Gasteiger partial charge in [0.1, 0.15) is 5.75 Å². The summed E-state index contributed by atoms with van der Waals surface area (Å²) in [6.07, 6.45) is 7.48. The van der Waals surface area contributed by atoms with Gasteiger partial charge in [-0.25, -0.2) is 4.79 Å². The molecule has 23 heavy (non-hydrogen) atoms. The molecule has 0 heterocycles. The zero-order valence-corrected chi connectivity index (χ0v) is 13.6. The molecule has 2 aliphatic carbocycles. The summed E-state index contributed by atoms with van der Waals surface area (Å²) >= 11 is 0. The Morgan fingerprint density at radius 3 is 2.48 bits per heavy atom. The van der Waals surface area contributed by atoms with E-state index in [0.717, 1.165) is 38.5 Å². The Hall–Kier alpha value is -2.04. The van der Waals surface area contributed by atoms with Gasteiger partial charge >= 0.3 is 6.03 Å². The van der Waals surface area contributed by atoms with Crippen LogP contribution < -0.4 is 15.4 Å². The first-order valence-electron chi connectivity index (χ1n) is 8.47. The average molecular weight is 316 g/mol. The lowest BCUT2D eigenvalue weighted by molar-refractivity contribution is 0.0889. The predicted molar refractivity (Wildman–Crippen MR) is 89.1 cm³/mol. The molecule has 2 saturated carbocycles. The number of urea groups is 1. The molecule has 0 aliphatic heterocycles. The molecule has 1 aromatic carbocycles. The van der Waals surface area contributed by atoms with Gasteiger partial charge in [0, 0.05) is 17.5 Å². The number of hydrogen-bond donors (Lipinski definition) is 2. The number of ketones is 1. The molecule has 0 radical (unpaired) electrons. The summed E-state index contributed by atoms with van der Waals surface area (Å²) in [5, 5.41) is 5.68. The second-order valence-corrected chi connectivity index (χ2v) is 6.49. The number of methoxy groups -OCH3 is 1. The fraction of sp³-hybridized carbons (Fsp3) is 0.556. The van der Waals surface area contributed by atoms with Crippen LogP contribution in [0.2, 0.25) is 0 Å². The van der Waals surface area contributed by atoms with E-state index in [9.17, 15) is 9.59 Å². The molecule has 1 aromatic rings. The van der Waals surface area contributed by atoms with Gasteiger partial charge in [-0.15, -0.1) is 0 Å². The number of Topliss-reactive ketones (excluding diaryl/α,β-unsaturated/α-hetero) is 1.